The molecule has 0 atom stereocenters. The fourth-order valence-corrected chi connectivity index (χ4v) is 3.41. The van der Waals surface area contributed by atoms with Gasteiger partial charge in [0, 0.05) is 12.1 Å². The lowest BCUT2D eigenvalue weighted by Crippen LogP contribution is -2.54. The van der Waals surface area contributed by atoms with E-state index in [0.29, 0.717) is 18.8 Å². The van der Waals surface area contributed by atoms with Crippen LogP contribution in [-0.2, 0) is 11.3 Å². The second kappa shape index (κ2) is 8.47. The minimum Gasteiger partial charge on any atom is -0.480 e. The van der Waals surface area contributed by atoms with Gasteiger partial charge in [-0.05, 0) is 44.0 Å². The maximum absolute atomic E-state index is 13.0. The summed E-state index contributed by atoms with van der Waals surface area (Å²) in [6.45, 7) is 4.77. The number of hydrogen-bond donors (Lipinski definition) is 2. The van der Waals surface area contributed by atoms with Crippen molar-refractivity contribution in [1.82, 2.24) is 25.2 Å². The zero-order valence-corrected chi connectivity index (χ0v) is 15.9. The zero-order valence-electron chi connectivity index (χ0n) is 15.9. The first kappa shape index (κ1) is 19.9. The number of amides is 1. The van der Waals surface area contributed by atoms with Gasteiger partial charge in [-0.3, -0.25) is 14.5 Å². The summed E-state index contributed by atoms with van der Waals surface area (Å²) in [5.74, 6) is -1.43. The number of carboxylic acid groups (broad SMARTS) is 1. The zero-order chi connectivity index (χ0) is 20.3. The number of aliphatic carboxylic acids is 1. The van der Waals surface area contributed by atoms with E-state index in [4.69, 9.17) is 5.11 Å². The molecule has 2 aromatic rings. The Bertz CT molecular complexity index is 846. The van der Waals surface area contributed by atoms with Gasteiger partial charge in [0.15, 0.2) is 5.69 Å². The molecule has 1 heterocycles. The number of benzene rings is 1. The highest BCUT2D eigenvalue weighted by molar-refractivity contribution is 5.93. The predicted octanol–water partition coefficient (Wildman–Crippen LogP) is 1.44. The molecule has 1 aliphatic rings. The number of hydrogen-bond acceptors (Lipinski definition) is 5. The summed E-state index contributed by atoms with van der Waals surface area (Å²) in [5, 5.41) is 19.9. The Kier molecular flexibility index (Phi) is 6.03. The third kappa shape index (κ3) is 4.53. The van der Waals surface area contributed by atoms with Crippen molar-refractivity contribution >= 4 is 11.9 Å². The molecule has 0 aliphatic heterocycles. The van der Waals surface area contributed by atoms with E-state index < -0.39 is 5.97 Å². The summed E-state index contributed by atoms with van der Waals surface area (Å²) >= 11 is 0. The SMILES string of the molecule is CCN(CC(=O)O)C1CC(NC(=O)c2nnn(Cc3ccc(F)cc3)c2C)C1. The number of aromatic nitrogens is 3. The first-order valence-corrected chi connectivity index (χ1v) is 9.28. The molecule has 1 aliphatic carbocycles. The first-order chi connectivity index (χ1) is 13.4. The summed E-state index contributed by atoms with van der Waals surface area (Å²) in [6.07, 6.45) is 1.44. The second-order valence-electron chi connectivity index (χ2n) is 7.06. The summed E-state index contributed by atoms with van der Waals surface area (Å²) in [6, 6.07) is 6.27. The molecular formula is C19H24FN5O3. The molecule has 9 heteroatoms. The van der Waals surface area contributed by atoms with Gasteiger partial charge in [0.2, 0.25) is 0 Å². The van der Waals surface area contributed by atoms with Crippen LogP contribution in [0.2, 0.25) is 0 Å². The Morgan fingerprint density at radius 3 is 2.61 bits per heavy atom. The molecule has 1 fully saturated rings. The van der Waals surface area contributed by atoms with Crippen molar-refractivity contribution in [2.75, 3.05) is 13.1 Å². The predicted molar refractivity (Wildman–Crippen MR) is 99.4 cm³/mol. The van der Waals surface area contributed by atoms with E-state index in [-0.39, 0.29) is 36.0 Å². The van der Waals surface area contributed by atoms with Gasteiger partial charge in [-0.15, -0.1) is 5.10 Å². The minimum absolute atomic E-state index is 0.00185. The lowest BCUT2D eigenvalue weighted by Gasteiger charge is -2.42. The van der Waals surface area contributed by atoms with Crippen molar-refractivity contribution in [1.29, 1.82) is 0 Å². The summed E-state index contributed by atoms with van der Waals surface area (Å²) < 4.78 is 14.6. The van der Waals surface area contributed by atoms with E-state index in [1.807, 2.05) is 11.8 Å². The Morgan fingerprint density at radius 1 is 1.32 bits per heavy atom. The number of halogens is 1. The largest absolute Gasteiger partial charge is 0.480 e. The van der Waals surface area contributed by atoms with E-state index in [9.17, 15) is 14.0 Å². The molecule has 0 saturated heterocycles. The van der Waals surface area contributed by atoms with Crippen LogP contribution in [0.3, 0.4) is 0 Å². The fourth-order valence-electron chi connectivity index (χ4n) is 3.41. The minimum atomic E-state index is -0.845. The van der Waals surface area contributed by atoms with E-state index >= 15 is 0 Å². The maximum Gasteiger partial charge on any atom is 0.317 e. The number of carboxylic acids is 1. The molecule has 3 rings (SSSR count). The van der Waals surface area contributed by atoms with Gasteiger partial charge in [-0.25, -0.2) is 9.07 Å². The Hall–Kier alpha value is -2.81. The summed E-state index contributed by atoms with van der Waals surface area (Å²) in [7, 11) is 0. The smallest absolute Gasteiger partial charge is 0.317 e. The Balaban J connectivity index is 1.55. The van der Waals surface area contributed by atoms with Crippen molar-refractivity contribution < 1.29 is 19.1 Å². The highest BCUT2D eigenvalue weighted by atomic mass is 19.1. The maximum atomic E-state index is 13.0. The van der Waals surface area contributed by atoms with Gasteiger partial charge in [-0.2, -0.15) is 0 Å². The van der Waals surface area contributed by atoms with Crippen molar-refractivity contribution in [3.63, 3.8) is 0 Å². The van der Waals surface area contributed by atoms with Crippen LogP contribution in [0.1, 0.15) is 41.5 Å². The number of nitrogens with zero attached hydrogens (tertiary/aromatic N) is 4. The molecule has 8 nitrogen and oxygen atoms in total. The summed E-state index contributed by atoms with van der Waals surface area (Å²) in [5.41, 5.74) is 1.77. The average molecular weight is 389 g/mol. The van der Waals surface area contributed by atoms with Crippen molar-refractivity contribution in [3.05, 3.63) is 47.0 Å². The van der Waals surface area contributed by atoms with Crippen LogP contribution in [0.5, 0.6) is 0 Å². The van der Waals surface area contributed by atoms with Crippen LogP contribution in [0.15, 0.2) is 24.3 Å². The third-order valence-electron chi connectivity index (χ3n) is 5.15. The highest BCUT2D eigenvalue weighted by Crippen LogP contribution is 2.26. The molecule has 1 aromatic heterocycles. The average Bonchev–Trinajstić information content (AvgIpc) is 2.98. The second-order valence-corrected chi connectivity index (χ2v) is 7.06. The van der Waals surface area contributed by atoms with E-state index in [1.165, 1.54) is 12.1 Å². The van der Waals surface area contributed by atoms with Gasteiger partial charge in [-0.1, -0.05) is 24.3 Å². The van der Waals surface area contributed by atoms with Gasteiger partial charge >= 0.3 is 5.97 Å². The number of nitrogens with one attached hydrogen (secondary N) is 1. The molecule has 28 heavy (non-hydrogen) atoms. The van der Waals surface area contributed by atoms with E-state index in [0.717, 1.165) is 18.4 Å². The van der Waals surface area contributed by atoms with Crippen LogP contribution >= 0.6 is 0 Å². The standard InChI is InChI=1S/C19H24FN5O3/c1-3-24(11-17(26)27)16-8-15(9-16)21-19(28)18-12(2)25(23-22-18)10-13-4-6-14(20)7-5-13/h4-7,15-16H,3,8-11H2,1-2H3,(H,21,28)(H,26,27). The molecule has 1 aromatic carbocycles. The fraction of sp³-hybridized carbons (Fsp3) is 0.474. The van der Waals surface area contributed by atoms with Gasteiger partial charge < -0.3 is 10.4 Å². The number of carbonyl (C=O) groups is 2. The monoisotopic (exact) mass is 389 g/mol. The molecule has 1 amide bonds. The molecular weight excluding hydrogens is 365 g/mol. The van der Waals surface area contributed by atoms with Crippen molar-refractivity contribution in [3.8, 4) is 0 Å². The topological polar surface area (TPSA) is 100 Å². The van der Waals surface area contributed by atoms with Crippen LogP contribution in [0.25, 0.3) is 0 Å². The van der Waals surface area contributed by atoms with Gasteiger partial charge in [0.1, 0.15) is 5.82 Å². The highest BCUT2D eigenvalue weighted by Gasteiger charge is 2.35. The number of rotatable bonds is 8. The molecule has 0 spiro atoms. The molecule has 0 unspecified atom stereocenters. The quantitative estimate of drug-likeness (QED) is 0.709. The van der Waals surface area contributed by atoms with E-state index in [2.05, 4.69) is 15.6 Å². The molecule has 150 valence electrons. The molecule has 0 radical (unpaired) electrons. The van der Waals surface area contributed by atoms with Crippen molar-refractivity contribution in [2.45, 2.75) is 45.3 Å². The first-order valence-electron chi connectivity index (χ1n) is 9.28. The lowest BCUT2D eigenvalue weighted by atomic mass is 9.85. The molecule has 0 bridgehead atoms. The lowest BCUT2D eigenvalue weighted by molar-refractivity contribution is -0.139. The van der Waals surface area contributed by atoms with Gasteiger partial charge in [0.25, 0.3) is 5.91 Å². The van der Waals surface area contributed by atoms with E-state index in [1.54, 1.807) is 23.7 Å². The van der Waals surface area contributed by atoms with Gasteiger partial charge in [0.05, 0.1) is 18.8 Å². The molecule has 1 saturated carbocycles. The Morgan fingerprint density at radius 2 is 2.00 bits per heavy atom. The van der Waals surface area contributed by atoms with Crippen LogP contribution in [-0.4, -0.2) is 62.0 Å². The van der Waals surface area contributed by atoms with Crippen LogP contribution in [0, 0.1) is 12.7 Å². The Labute approximate surface area is 162 Å². The van der Waals surface area contributed by atoms with Crippen molar-refractivity contribution in [2.24, 2.45) is 0 Å². The molecule has 2 N–H and O–H groups in total. The van der Waals surface area contributed by atoms with Crippen LogP contribution in [0.4, 0.5) is 4.39 Å². The number of carbonyl (C=O) groups excluding carboxylic acids is 1. The number of likely N-dealkylation sites (N-methyl/N-ethyl adjacent to an activating group) is 1. The summed E-state index contributed by atoms with van der Waals surface area (Å²) in [4.78, 5) is 25.3. The normalized spacial score (nSPS) is 18.7. The van der Waals surface area contributed by atoms with Crippen LogP contribution < -0.4 is 5.32 Å². The third-order valence-corrected chi connectivity index (χ3v) is 5.15.